The lowest BCUT2D eigenvalue weighted by Crippen LogP contribution is -2.57. The van der Waals surface area contributed by atoms with E-state index >= 15 is 0 Å². The lowest BCUT2D eigenvalue weighted by molar-refractivity contribution is 0.111. The molecular weight excluding hydrogens is 211 g/mol. The predicted molar refractivity (Wildman–Crippen MR) is 70.6 cm³/mol. The largest absolute Gasteiger partial charge is 0.463 e. The van der Waals surface area contributed by atoms with Crippen LogP contribution in [0.4, 0.5) is 0 Å². The van der Waals surface area contributed by atoms with E-state index in [-0.39, 0.29) is 5.41 Å². The van der Waals surface area contributed by atoms with Gasteiger partial charge in [0.05, 0.1) is 0 Å². The van der Waals surface area contributed by atoms with E-state index in [2.05, 4.69) is 26.8 Å². The first-order valence-corrected chi connectivity index (χ1v) is 6.26. The average Bonchev–Trinajstić information content (AvgIpc) is 2.26. The summed E-state index contributed by atoms with van der Waals surface area (Å²) in [6, 6.07) is 8.13. The van der Waals surface area contributed by atoms with Crippen LogP contribution in [0.3, 0.4) is 0 Å². The molecule has 1 aliphatic rings. The van der Waals surface area contributed by atoms with Crippen LogP contribution in [0, 0.1) is 11.3 Å². The first kappa shape index (κ1) is 12.7. The van der Waals surface area contributed by atoms with E-state index in [1.165, 1.54) is 5.56 Å². The van der Waals surface area contributed by atoms with Gasteiger partial charge in [0, 0.05) is 5.31 Å². The van der Waals surface area contributed by atoms with Gasteiger partial charge in [0.2, 0.25) is 0 Å². The van der Waals surface area contributed by atoms with Crippen molar-refractivity contribution in [2.45, 2.75) is 39.4 Å². The molecule has 0 bridgehead atoms. The summed E-state index contributed by atoms with van der Waals surface area (Å²) in [5.41, 5.74) is 2.18. The number of rotatable bonds is 1. The van der Waals surface area contributed by atoms with Crippen LogP contribution in [0.2, 0.25) is 0 Å². The molecule has 0 fully saturated rings. The summed E-state index contributed by atoms with van der Waals surface area (Å²) in [4.78, 5) is 0. The second-order valence-corrected chi connectivity index (χ2v) is 6.06. The molecule has 1 aromatic rings. The fraction of sp³-hybridized carbons (Fsp3) is 0.571. The molecule has 0 amide bonds. The van der Waals surface area contributed by atoms with Gasteiger partial charge in [0.15, 0.2) is 0 Å². The maximum atomic E-state index is 9.89. The molecule has 0 heterocycles. The highest BCUT2D eigenvalue weighted by molar-refractivity contribution is 6.46. The zero-order valence-electron chi connectivity index (χ0n) is 11.1. The second kappa shape index (κ2) is 3.86. The van der Waals surface area contributed by atoms with Crippen LogP contribution in [0.1, 0.15) is 38.8 Å². The highest BCUT2D eigenvalue weighted by Gasteiger charge is 2.56. The van der Waals surface area contributed by atoms with Crippen molar-refractivity contribution >= 4 is 7.12 Å². The van der Waals surface area contributed by atoms with Crippen LogP contribution in [-0.2, 0) is 11.7 Å². The molecule has 0 aromatic heterocycles. The average molecular weight is 232 g/mol. The monoisotopic (exact) mass is 232 g/mol. The Kier molecular flexibility index (Phi) is 2.87. The normalized spacial score (nSPS) is 30.8. The fourth-order valence-corrected chi connectivity index (χ4v) is 3.12. The molecule has 0 aliphatic heterocycles. The highest BCUT2D eigenvalue weighted by atomic mass is 16.4. The fourth-order valence-electron chi connectivity index (χ4n) is 3.12. The first-order chi connectivity index (χ1) is 7.81. The summed E-state index contributed by atoms with van der Waals surface area (Å²) < 4.78 is 0. The smallest absolute Gasteiger partial charge is 0.426 e. The Morgan fingerprint density at radius 3 is 2.35 bits per heavy atom. The SMILES string of the molecule is CC1Cc2ccccc2C(C)(B(O)O)C1(C)C. The minimum atomic E-state index is -1.33. The van der Waals surface area contributed by atoms with Gasteiger partial charge in [0.1, 0.15) is 0 Å². The van der Waals surface area contributed by atoms with Crippen molar-refractivity contribution in [2.24, 2.45) is 11.3 Å². The lowest BCUT2D eigenvalue weighted by atomic mass is 9.39. The van der Waals surface area contributed by atoms with Gasteiger partial charge in [0.25, 0.3) is 0 Å². The molecule has 0 saturated carbocycles. The van der Waals surface area contributed by atoms with Crippen LogP contribution >= 0.6 is 0 Å². The van der Waals surface area contributed by atoms with Gasteiger partial charge in [-0.1, -0.05) is 52.0 Å². The Hall–Kier alpha value is -0.795. The van der Waals surface area contributed by atoms with Crippen LogP contribution < -0.4 is 0 Å². The predicted octanol–water partition coefficient (Wildman–Crippen LogP) is 2.17. The number of hydrogen-bond donors (Lipinski definition) is 2. The molecule has 2 N–H and O–H groups in total. The third-order valence-corrected chi connectivity index (χ3v) is 5.19. The number of benzene rings is 1. The van der Waals surface area contributed by atoms with Gasteiger partial charge >= 0.3 is 7.12 Å². The van der Waals surface area contributed by atoms with E-state index in [0.717, 1.165) is 12.0 Å². The van der Waals surface area contributed by atoms with Gasteiger partial charge in [-0.15, -0.1) is 0 Å². The van der Waals surface area contributed by atoms with Crippen LogP contribution in [0.25, 0.3) is 0 Å². The van der Waals surface area contributed by atoms with E-state index in [1.54, 1.807) is 0 Å². The van der Waals surface area contributed by atoms with E-state index in [9.17, 15) is 10.0 Å². The number of hydrogen-bond acceptors (Lipinski definition) is 2. The molecule has 92 valence electrons. The minimum absolute atomic E-state index is 0.143. The zero-order valence-corrected chi connectivity index (χ0v) is 11.1. The topological polar surface area (TPSA) is 40.5 Å². The lowest BCUT2D eigenvalue weighted by Gasteiger charge is -2.52. The Morgan fingerprint density at radius 1 is 1.18 bits per heavy atom. The van der Waals surface area contributed by atoms with E-state index in [1.807, 2.05) is 25.1 Å². The number of fused-ring (bicyclic) bond motifs is 1. The molecule has 17 heavy (non-hydrogen) atoms. The van der Waals surface area contributed by atoms with E-state index in [4.69, 9.17) is 0 Å². The quantitative estimate of drug-likeness (QED) is 0.728. The molecule has 2 unspecified atom stereocenters. The maximum absolute atomic E-state index is 9.89. The van der Waals surface area contributed by atoms with Crippen molar-refractivity contribution in [3.8, 4) is 0 Å². The van der Waals surface area contributed by atoms with Crippen molar-refractivity contribution in [3.05, 3.63) is 35.4 Å². The molecule has 2 atom stereocenters. The summed E-state index contributed by atoms with van der Waals surface area (Å²) in [6.07, 6.45) is 1.01. The molecule has 0 spiro atoms. The Morgan fingerprint density at radius 2 is 1.76 bits per heavy atom. The summed E-state index contributed by atoms with van der Waals surface area (Å²) in [6.45, 7) is 8.42. The molecule has 0 radical (unpaired) electrons. The third-order valence-electron chi connectivity index (χ3n) is 5.19. The summed E-state index contributed by atoms with van der Waals surface area (Å²) in [5.74, 6) is 0.421. The van der Waals surface area contributed by atoms with E-state index < -0.39 is 12.4 Å². The van der Waals surface area contributed by atoms with Crippen molar-refractivity contribution in [1.29, 1.82) is 0 Å². The van der Waals surface area contributed by atoms with Crippen molar-refractivity contribution in [1.82, 2.24) is 0 Å². The second-order valence-electron chi connectivity index (χ2n) is 6.06. The van der Waals surface area contributed by atoms with Gasteiger partial charge in [-0.25, -0.2) is 0 Å². The molecule has 3 heteroatoms. The Balaban J connectivity index is 2.68. The minimum Gasteiger partial charge on any atom is -0.426 e. The third kappa shape index (κ3) is 1.56. The van der Waals surface area contributed by atoms with Crippen LogP contribution in [-0.4, -0.2) is 17.2 Å². The molecule has 2 nitrogen and oxygen atoms in total. The van der Waals surface area contributed by atoms with Crippen molar-refractivity contribution in [2.75, 3.05) is 0 Å². The van der Waals surface area contributed by atoms with E-state index in [0.29, 0.717) is 5.92 Å². The molecule has 0 saturated heterocycles. The van der Waals surface area contributed by atoms with Gasteiger partial charge in [-0.3, -0.25) is 0 Å². The summed E-state index contributed by atoms with van der Waals surface area (Å²) in [5, 5.41) is 19.2. The van der Waals surface area contributed by atoms with Gasteiger partial charge < -0.3 is 10.0 Å². The molecular formula is C14H21BO2. The standard InChI is InChI=1S/C14H21BO2/c1-10-9-11-7-5-6-8-12(11)14(4,15(16)17)13(10,2)3/h5-8,10,16-17H,9H2,1-4H3. The van der Waals surface area contributed by atoms with Crippen LogP contribution in [0.15, 0.2) is 24.3 Å². The molecule has 2 rings (SSSR count). The summed E-state index contributed by atoms with van der Waals surface area (Å²) in [7, 11) is -1.33. The van der Waals surface area contributed by atoms with Gasteiger partial charge in [-0.2, -0.15) is 0 Å². The zero-order chi connectivity index (χ0) is 12.8. The van der Waals surface area contributed by atoms with Crippen molar-refractivity contribution in [3.63, 3.8) is 0 Å². The maximum Gasteiger partial charge on any atom is 0.463 e. The molecule has 1 aromatic carbocycles. The Labute approximate surface area is 104 Å². The summed E-state index contributed by atoms with van der Waals surface area (Å²) >= 11 is 0. The van der Waals surface area contributed by atoms with Crippen LogP contribution in [0.5, 0.6) is 0 Å². The first-order valence-electron chi connectivity index (χ1n) is 6.26. The molecule has 1 aliphatic carbocycles. The Bertz CT molecular complexity index is 428. The van der Waals surface area contributed by atoms with Gasteiger partial charge in [-0.05, 0) is 28.9 Å². The van der Waals surface area contributed by atoms with Crippen molar-refractivity contribution < 1.29 is 10.0 Å². The highest BCUT2D eigenvalue weighted by Crippen LogP contribution is 2.52.